The maximum atomic E-state index is 10.7. The summed E-state index contributed by atoms with van der Waals surface area (Å²) in [5.41, 5.74) is 0.806. The van der Waals surface area contributed by atoms with Gasteiger partial charge >= 0.3 is 0 Å². The van der Waals surface area contributed by atoms with Crippen LogP contribution >= 0.6 is 0 Å². The molecule has 88 valence electrons. The van der Waals surface area contributed by atoms with E-state index in [1.165, 1.54) is 12.1 Å². The summed E-state index contributed by atoms with van der Waals surface area (Å²) in [6, 6.07) is 4.54. The number of nitro benzene ring substituents is 1. The van der Waals surface area contributed by atoms with Gasteiger partial charge in [0.25, 0.3) is 5.69 Å². The van der Waals surface area contributed by atoms with Crippen LogP contribution in [0.3, 0.4) is 0 Å². The van der Waals surface area contributed by atoms with Gasteiger partial charge < -0.3 is 9.30 Å². The number of aromatic nitrogens is 2. The summed E-state index contributed by atoms with van der Waals surface area (Å²) in [5.74, 6) is 0.629. The molecule has 0 atom stereocenters. The highest BCUT2D eigenvalue weighted by atomic mass is 16.6. The van der Waals surface area contributed by atoms with Gasteiger partial charge in [0.15, 0.2) is 0 Å². The number of hydrogen-bond donors (Lipinski definition) is 0. The second kappa shape index (κ2) is 4.65. The van der Waals surface area contributed by atoms with Gasteiger partial charge in [0.05, 0.1) is 24.9 Å². The molecule has 0 saturated heterocycles. The Hall–Kier alpha value is -2.37. The number of imidazole rings is 1. The predicted molar refractivity (Wildman–Crippen MR) is 61.0 cm³/mol. The van der Waals surface area contributed by atoms with Crippen LogP contribution < -0.4 is 4.74 Å². The summed E-state index contributed by atoms with van der Waals surface area (Å²) >= 11 is 0. The zero-order valence-corrected chi connectivity index (χ0v) is 9.24. The van der Waals surface area contributed by atoms with Gasteiger partial charge in [-0.05, 0) is 6.07 Å². The van der Waals surface area contributed by atoms with Gasteiger partial charge in [-0.1, -0.05) is 0 Å². The van der Waals surface area contributed by atoms with Crippen LogP contribution in [-0.4, -0.2) is 21.6 Å². The van der Waals surface area contributed by atoms with Crippen LogP contribution in [0.4, 0.5) is 5.69 Å². The Morgan fingerprint density at radius 3 is 2.94 bits per heavy atom. The normalized spacial score (nSPS) is 10.2. The fraction of sp³-hybridized carbons (Fsp3) is 0.182. The molecule has 0 aliphatic rings. The van der Waals surface area contributed by atoms with Gasteiger partial charge in [-0.3, -0.25) is 10.1 Å². The minimum absolute atomic E-state index is 0.0564. The van der Waals surface area contributed by atoms with Gasteiger partial charge in [0, 0.05) is 30.1 Å². The van der Waals surface area contributed by atoms with E-state index in [0.717, 1.165) is 5.56 Å². The first-order chi connectivity index (χ1) is 8.20. The van der Waals surface area contributed by atoms with Gasteiger partial charge in [-0.25, -0.2) is 4.98 Å². The molecule has 2 rings (SSSR count). The molecule has 0 aliphatic carbocycles. The summed E-state index contributed by atoms with van der Waals surface area (Å²) in [7, 11) is 1.54. The van der Waals surface area contributed by atoms with Crippen LogP contribution in [0.15, 0.2) is 36.9 Å². The Balaban J connectivity index is 2.35. The van der Waals surface area contributed by atoms with Crippen molar-refractivity contribution in [3.63, 3.8) is 0 Å². The zero-order chi connectivity index (χ0) is 12.3. The molecule has 0 amide bonds. The van der Waals surface area contributed by atoms with E-state index in [9.17, 15) is 10.1 Å². The molecule has 6 nitrogen and oxygen atoms in total. The average Bonchev–Trinajstić information content (AvgIpc) is 2.81. The van der Waals surface area contributed by atoms with Gasteiger partial charge in [0.1, 0.15) is 5.75 Å². The van der Waals surface area contributed by atoms with Crippen molar-refractivity contribution >= 4 is 5.69 Å². The summed E-state index contributed by atoms with van der Waals surface area (Å²) in [6.07, 6.45) is 5.10. The second-order valence-electron chi connectivity index (χ2n) is 3.49. The first-order valence-electron chi connectivity index (χ1n) is 4.98. The molecule has 0 saturated carbocycles. The van der Waals surface area contributed by atoms with E-state index >= 15 is 0 Å². The van der Waals surface area contributed by atoms with Crippen molar-refractivity contribution in [2.75, 3.05) is 7.11 Å². The third-order valence-electron chi connectivity index (χ3n) is 2.39. The average molecular weight is 233 g/mol. The smallest absolute Gasteiger partial charge is 0.270 e. The van der Waals surface area contributed by atoms with Crippen molar-refractivity contribution in [1.29, 1.82) is 0 Å². The number of ether oxygens (including phenoxy) is 1. The first-order valence-corrected chi connectivity index (χ1v) is 4.98. The summed E-state index contributed by atoms with van der Waals surface area (Å²) in [4.78, 5) is 14.2. The highest BCUT2D eigenvalue weighted by Crippen LogP contribution is 2.24. The van der Waals surface area contributed by atoms with E-state index < -0.39 is 4.92 Å². The van der Waals surface area contributed by atoms with Crippen LogP contribution in [0.1, 0.15) is 5.56 Å². The van der Waals surface area contributed by atoms with Crippen LogP contribution in [0.2, 0.25) is 0 Å². The molecule has 0 bridgehead atoms. The molecule has 6 heteroatoms. The molecule has 2 aromatic rings. The molecule has 1 heterocycles. The van der Waals surface area contributed by atoms with Crippen molar-refractivity contribution in [2.24, 2.45) is 0 Å². The Kier molecular flexibility index (Phi) is 3.04. The summed E-state index contributed by atoms with van der Waals surface area (Å²) in [6.45, 7) is 0.491. The zero-order valence-electron chi connectivity index (χ0n) is 9.24. The van der Waals surface area contributed by atoms with Crippen molar-refractivity contribution in [3.05, 3.63) is 52.6 Å². The van der Waals surface area contributed by atoms with Crippen molar-refractivity contribution in [3.8, 4) is 5.75 Å². The number of benzene rings is 1. The minimum atomic E-state index is -0.420. The van der Waals surface area contributed by atoms with E-state index in [1.807, 2.05) is 4.57 Å². The monoisotopic (exact) mass is 233 g/mol. The third-order valence-corrected chi connectivity index (χ3v) is 2.39. The van der Waals surface area contributed by atoms with E-state index in [1.54, 1.807) is 31.9 Å². The lowest BCUT2D eigenvalue weighted by Crippen LogP contribution is -2.00. The molecular weight excluding hydrogens is 222 g/mol. The van der Waals surface area contributed by atoms with E-state index in [4.69, 9.17) is 4.74 Å². The van der Waals surface area contributed by atoms with Gasteiger partial charge in [-0.2, -0.15) is 0 Å². The van der Waals surface area contributed by atoms with Crippen LogP contribution in [0.5, 0.6) is 5.75 Å². The molecule has 0 N–H and O–H groups in total. The lowest BCUT2D eigenvalue weighted by molar-refractivity contribution is -0.384. The fourth-order valence-corrected chi connectivity index (χ4v) is 1.58. The maximum Gasteiger partial charge on any atom is 0.270 e. The van der Waals surface area contributed by atoms with Crippen LogP contribution in [0.25, 0.3) is 0 Å². The van der Waals surface area contributed by atoms with Crippen LogP contribution in [-0.2, 0) is 6.54 Å². The summed E-state index contributed by atoms with van der Waals surface area (Å²) < 4.78 is 6.99. The molecule has 0 spiro atoms. The molecule has 0 radical (unpaired) electrons. The molecular formula is C11H11N3O3. The third kappa shape index (κ3) is 2.41. The number of methoxy groups -OCH3 is 1. The number of nitrogens with zero attached hydrogens (tertiary/aromatic N) is 3. The molecule has 17 heavy (non-hydrogen) atoms. The number of hydrogen-bond acceptors (Lipinski definition) is 4. The first kappa shape index (κ1) is 11.1. The number of non-ortho nitro benzene ring substituents is 1. The predicted octanol–water partition coefficient (Wildman–Crippen LogP) is 1.85. The van der Waals surface area contributed by atoms with Crippen molar-refractivity contribution in [2.45, 2.75) is 6.54 Å². The molecule has 0 unspecified atom stereocenters. The van der Waals surface area contributed by atoms with Crippen molar-refractivity contribution < 1.29 is 9.66 Å². The SMILES string of the molecule is COc1ccc([N+](=O)[O-])cc1Cn1ccnc1. The lowest BCUT2D eigenvalue weighted by Gasteiger charge is -2.08. The second-order valence-corrected chi connectivity index (χ2v) is 3.49. The quantitative estimate of drug-likeness (QED) is 0.596. The van der Waals surface area contributed by atoms with E-state index in [-0.39, 0.29) is 5.69 Å². The van der Waals surface area contributed by atoms with Crippen LogP contribution in [0, 0.1) is 10.1 Å². The Morgan fingerprint density at radius 1 is 1.53 bits per heavy atom. The number of nitro groups is 1. The van der Waals surface area contributed by atoms with E-state index in [2.05, 4.69) is 4.98 Å². The highest BCUT2D eigenvalue weighted by Gasteiger charge is 2.11. The topological polar surface area (TPSA) is 70.2 Å². The lowest BCUT2D eigenvalue weighted by atomic mass is 10.1. The largest absolute Gasteiger partial charge is 0.496 e. The Bertz CT molecular complexity index is 523. The number of rotatable bonds is 4. The summed E-state index contributed by atoms with van der Waals surface area (Å²) in [5, 5.41) is 10.7. The standard InChI is InChI=1S/C11H11N3O3/c1-17-11-3-2-10(14(15)16)6-9(11)7-13-5-4-12-8-13/h2-6,8H,7H2,1H3. The Morgan fingerprint density at radius 2 is 2.35 bits per heavy atom. The molecule has 1 aromatic heterocycles. The molecule has 1 aromatic carbocycles. The highest BCUT2D eigenvalue weighted by molar-refractivity contribution is 5.43. The molecule has 0 fully saturated rings. The van der Waals surface area contributed by atoms with E-state index in [0.29, 0.717) is 12.3 Å². The van der Waals surface area contributed by atoms with Gasteiger partial charge in [0.2, 0.25) is 0 Å². The fourth-order valence-electron chi connectivity index (χ4n) is 1.58. The van der Waals surface area contributed by atoms with Gasteiger partial charge in [-0.15, -0.1) is 0 Å². The maximum absolute atomic E-state index is 10.7. The minimum Gasteiger partial charge on any atom is -0.496 e. The molecule has 0 aliphatic heterocycles. The van der Waals surface area contributed by atoms with Crippen molar-refractivity contribution in [1.82, 2.24) is 9.55 Å². The Labute approximate surface area is 97.6 Å².